The highest BCUT2D eigenvalue weighted by Crippen LogP contribution is 2.33. The number of hydrogen-bond donors (Lipinski definition) is 1. The molecule has 3 rings (SSSR count). The minimum absolute atomic E-state index is 0.00941. The van der Waals surface area contributed by atoms with Crippen LogP contribution in [0.25, 0.3) is 6.08 Å². The predicted molar refractivity (Wildman–Crippen MR) is 78.9 cm³/mol. The molecule has 1 aromatic carbocycles. The van der Waals surface area contributed by atoms with E-state index in [1.54, 1.807) is 12.1 Å². The molecule has 2 fully saturated rings. The summed E-state index contributed by atoms with van der Waals surface area (Å²) in [6.45, 7) is 0. The standard InChI is InChI=1S/C14H10ClNO4S/c15-10-6-9(20-13(18)7-1-2-7)4-3-8(10)5-11-12(17)16-14(19)21-11/h3-7H,1-2H2,(H,16,17,19)/b11-5-. The number of rotatable bonds is 3. The summed E-state index contributed by atoms with van der Waals surface area (Å²) in [7, 11) is 0. The molecule has 1 saturated heterocycles. The predicted octanol–water partition coefficient (Wildman–Crippen LogP) is 2.98. The summed E-state index contributed by atoms with van der Waals surface area (Å²) >= 11 is 6.93. The fraction of sp³-hybridized carbons (Fsp3) is 0.214. The minimum Gasteiger partial charge on any atom is -0.426 e. The Labute approximate surface area is 129 Å². The first-order valence-electron chi connectivity index (χ1n) is 6.29. The van der Waals surface area contributed by atoms with Gasteiger partial charge in [0.05, 0.1) is 15.8 Å². The second-order valence-corrected chi connectivity index (χ2v) is 6.15. The van der Waals surface area contributed by atoms with Crippen LogP contribution in [-0.4, -0.2) is 17.1 Å². The first kappa shape index (κ1) is 14.2. The summed E-state index contributed by atoms with van der Waals surface area (Å²) in [5, 5.41) is 2.11. The Morgan fingerprint density at radius 3 is 2.71 bits per heavy atom. The number of imide groups is 1. The molecule has 1 heterocycles. The number of carbonyl (C=O) groups excluding carboxylic acids is 3. The molecule has 1 aromatic rings. The Kier molecular flexibility index (Phi) is 3.73. The molecule has 0 spiro atoms. The zero-order valence-corrected chi connectivity index (χ0v) is 12.3. The Morgan fingerprint density at radius 1 is 1.38 bits per heavy atom. The molecule has 1 N–H and O–H groups in total. The highest BCUT2D eigenvalue weighted by molar-refractivity contribution is 8.18. The molecule has 1 aliphatic heterocycles. The molecule has 0 aromatic heterocycles. The molecule has 1 aliphatic carbocycles. The zero-order chi connectivity index (χ0) is 15.0. The van der Waals surface area contributed by atoms with Gasteiger partial charge in [-0.05, 0) is 48.4 Å². The monoisotopic (exact) mass is 323 g/mol. The second kappa shape index (κ2) is 5.54. The fourth-order valence-electron chi connectivity index (χ4n) is 1.77. The topological polar surface area (TPSA) is 72.5 Å². The number of nitrogens with one attached hydrogen (secondary N) is 1. The average Bonchev–Trinajstić information content (AvgIpc) is 3.20. The molecule has 0 radical (unpaired) electrons. The highest BCUT2D eigenvalue weighted by Gasteiger charge is 2.31. The van der Waals surface area contributed by atoms with Gasteiger partial charge in [0.2, 0.25) is 0 Å². The lowest BCUT2D eigenvalue weighted by atomic mass is 10.2. The van der Waals surface area contributed by atoms with E-state index in [-0.39, 0.29) is 16.8 Å². The molecule has 21 heavy (non-hydrogen) atoms. The quantitative estimate of drug-likeness (QED) is 0.526. The smallest absolute Gasteiger partial charge is 0.314 e. The van der Waals surface area contributed by atoms with Gasteiger partial charge >= 0.3 is 5.97 Å². The van der Waals surface area contributed by atoms with Gasteiger partial charge in [0.1, 0.15) is 5.75 Å². The van der Waals surface area contributed by atoms with Gasteiger partial charge in [-0.2, -0.15) is 0 Å². The van der Waals surface area contributed by atoms with E-state index in [1.807, 2.05) is 0 Å². The third kappa shape index (κ3) is 3.28. The third-order valence-corrected chi connectivity index (χ3v) is 4.17. The van der Waals surface area contributed by atoms with Crippen molar-refractivity contribution in [3.05, 3.63) is 33.7 Å². The van der Waals surface area contributed by atoms with Gasteiger partial charge in [0, 0.05) is 6.07 Å². The van der Waals surface area contributed by atoms with Gasteiger partial charge in [0.15, 0.2) is 0 Å². The van der Waals surface area contributed by atoms with Crippen molar-refractivity contribution in [1.29, 1.82) is 0 Å². The van der Waals surface area contributed by atoms with Crippen LogP contribution < -0.4 is 10.1 Å². The molecule has 7 heteroatoms. The Morgan fingerprint density at radius 2 is 2.14 bits per heavy atom. The van der Waals surface area contributed by atoms with Crippen molar-refractivity contribution in [3.8, 4) is 5.75 Å². The van der Waals surface area contributed by atoms with Gasteiger partial charge in [-0.1, -0.05) is 11.6 Å². The second-order valence-electron chi connectivity index (χ2n) is 4.73. The van der Waals surface area contributed by atoms with Crippen LogP contribution in [0.5, 0.6) is 5.75 Å². The number of ether oxygens (including phenoxy) is 1. The zero-order valence-electron chi connectivity index (χ0n) is 10.7. The lowest BCUT2D eigenvalue weighted by Gasteiger charge is -2.05. The van der Waals surface area contributed by atoms with Gasteiger partial charge in [-0.3, -0.25) is 19.7 Å². The molecule has 5 nitrogen and oxygen atoms in total. The van der Waals surface area contributed by atoms with E-state index in [9.17, 15) is 14.4 Å². The van der Waals surface area contributed by atoms with Gasteiger partial charge < -0.3 is 4.74 Å². The first-order valence-corrected chi connectivity index (χ1v) is 7.48. The van der Waals surface area contributed by atoms with Crippen LogP contribution in [0.3, 0.4) is 0 Å². The van der Waals surface area contributed by atoms with Crippen molar-refractivity contribution in [3.63, 3.8) is 0 Å². The summed E-state index contributed by atoms with van der Waals surface area (Å²) in [6, 6.07) is 4.77. The van der Waals surface area contributed by atoms with E-state index in [0.717, 1.165) is 24.6 Å². The van der Waals surface area contributed by atoms with E-state index < -0.39 is 11.1 Å². The lowest BCUT2D eigenvalue weighted by molar-refractivity contribution is -0.135. The summed E-state index contributed by atoms with van der Waals surface area (Å²) in [6.07, 6.45) is 3.27. The molecular formula is C14H10ClNO4S. The van der Waals surface area contributed by atoms with E-state index in [1.165, 1.54) is 12.1 Å². The lowest BCUT2D eigenvalue weighted by Crippen LogP contribution is -2.17. The summed E-state index contributed by atoms with van der Waals surface area (Å²) in [4.78, 5) is 34.4. The molecule has 108 valence electrons. The van der Waals surface area contributed by atoms with Crippen LogP contribution in [0.2, 0.25) is 5.02 Å². The van der Waals surface area contributed by atoms with Crippen molar-refractivity contribution in [2.45, 2.75) is 12.8 Å². The SMILES string of the molecule is O=C1NC(=O)/C(=C/c2ccc(OC(=O)C3CC3)cc2Cl)S1. The molecule has 0 unspecified atom stereocenters. The van der Waals surface area contributed by atoms with Crippen LogP contribution in [0.15, 0.2) is 23.1 Å². The fourth-order valence-corrected chi connectivity index (χ4v) is 2.67. The van der Waals surface area contributed by atoms with E-state index in [4.69, 9.17) is 16.3 Å². The van der Waals surface area contributed by atoms with E-state index in [0.29, 0.717) is 16.3 Å². The van der Waals surface area contributed by atoms with Crippen molar-refractivity contribution in [2.75, 3.05) is 0 Å². The van der Waals surface area contributed by atoms with Crippen molar-refractivity contribution in [1.82, 2.24) is 5.32 Å². The maximum Gasteiger partial charge on any atom is 0.314 e. The highest BCUT2D eigenvalue weighted by atomic mass is 35.5. The maximum atomic E-state index is 11.6. The van der Waals surface area contributed by atoms with Crippen LogP contribution in [0.1, 0.15) is 18.4 Å². The van der Waals surface area contributed by atoms with Crippen LogP contribution in [0.4, 0.5) is 4.79 Å². The molecule has 2 amide bonds. The number of halogens is 1. The number of esters is 1. The van der Waals surface area contributed by atoms with Crippen molar-refractivity contribution in [2.24, 2.45) is 5.92 Å². The molecular weight excluding hydrogens is 314 g/mol. The average molecular weight is 324 g/mol. The van der Waals surface area contributed by atoms with Crippen molar-refractivity contribution < 1.29 is 19.1 Å². The number of hydrogen-bond acceptors (Lipinski definition) is 5. The number of thioether (sulfide) groups is 1. The first-order chi connectivity index (χ1) is 10.0. The molecule has 1 saturated carbocycles. The minimum atomic E-state index is -0.440. The summed E-state index contributed by atoms with van der Waals surface area (Å²) in [5.74, 6) is -0.299. The van der Waals surface area contributed by atoms with Gasteiger partial charge in [0.25, 0.3) is 11.1 Å². The van der Waals surface area contributed by atoms with Gasteiger partial charge in [-0.15, -0.1) is 0 Å². The van der Waals surface area contributed by atoms with E-state index in [2.05, 4.69) is 5.32 Å². The third-order valence-electron chi connectivity index (χ3n) is 3.03. The number of carbonyl (C=O) groups is 3. The molecule has 0 bridgehead atoms. The normalized spacial score (nSPS) is 19.8. The maximum absolute atomic E-state index is 11.6. The number of benzene rings is 1. The molecule has 2 aliphatic rings. The van der Waals surface area contributed by atoms with Crippen LogP contribution in [0, 0.1) is 5.92 Å². The summed E-state index contributed by atoms with van der Waals surface area (Å²) < 4.78 is 5.20. The van der Waals surface area contributed by atoms with E-state index >= 15 is 0 Å². The Hall–Kier alpha value is -1.79. The van der Waals surface area contributed by atoms with Gasteiger partial charge in [-0.25, -0.2) is 0 Å². The largest absolute Gasteiger partial charge is 0.426 e. The Balaban J connectivity index is 1.78. The Bertz CT molecular complexity index is 682. The van der Waals surface area contributed by atoms with Crippen molar-refractivity contribution >= 4 is 46.6 Å². The molecule has 0 atom stereocenters. The summed E-state index contributed by atoms with van der Waals surface area (Å²) in [5.41, 5.74) is 0.579. The number of amides is 2. The van der Waals surface area contributed by atoms with Crippen LogP contribution >= 0.6 is 23.4 Å². The van der Waals surface area contributed by atoms with Crippen LogP contribution in [-0.2, 0) is 9.59 Å².